The van der Waals surface area contributed by atoms with E-state index in [-0.39, 0.29) is 25.8 Å². The first-order valence-corrected chi connectivity index (χ1v) is 23.9. The molecule has 0 aromatic rings. The van der Waals surface area contributed by atoms with Gasteiger partial charge in [-0.2, -0.15) is 0 Å². The summed E-state index contributed by atoms with van der Waals surface area (Å²) in [6, 6.07) is 0. The fourth-order valence-corrected chi connectivity index (χ4v) is 6.65. The molecule has 0 aromatic heterocycles. The quantitative estimate of drug-likeness (QED) is 0.0164. The second-order valence-corrected chi connectivity index (χ2v) is 17.6. The Hall–Kier alpha value is -1.70. The first-order valence-electron chi connectivity index (χ1n) is 22.4. The number of quaternary nitrogens is 1. The van der Waals surface area contributed by atoms with E-state index in [0.717, 1.165) is 32.1 Å². The van der Waals surface area contributed by atoms with Crippen LogP contribution in [0.4, 0.5) is 0 Å². The van der Waals surface area contributed by atoms with Crippen LogP contribution in [0.15, 0.2) is 48.8 Å². The van der Waals surface area contributed by atoms with Crippen LogP contribution in [0.1, 0.15) is 187 Å². The molecule has 0 amide bonds. The van der Waals surface area contributed by atoms with Gasteiger partial charge in [-0.25, -0.2) is 4.57 Å². The highest BCUT2D eigenvalue weighted by atomic mass is 31.2. The minimum absolute atomic E-state index is 0.0745. The second-order valence-electron chi connectivity index (χ2n) is 16.1. The Bertz CT molecular complexity index is 1020. The summed E-state index contributed by atoms with van der Waals surface area (Å²) in [6.07, 6.45) is 48.3. The molecule has 0 rings (SSSR count). The summed E-state index contributed by atoms with van der Waals surface area (Å²) >= 11 is 0. The van der Waals surface area contributed by atoms with Crippen LogP contribution < -0.4 is 0 Å². The van der Waals surface area contributed by atoms with Gasteiger partial charge in [-0.3, -0.25) is 13.8 Å². The van der Waals surface area contributed by atoms with Crippen molar-refractivity contribution in [3.8, 4) is 0 Å². The number of phosphoric ester groups is 1. The largest absolute Gasteiger partial charge is 0.492 e. The van der Waals surface area contributed by atoms with E-state index in [1.807, 2.05) is 27.2 Å². The highest BCUT2D eigenvalue weighted by Gasteiger charge is 2.25. The number of hydrogen-bond acceptors (Lipinski definition) is 6. The van der Waals surface area contributed by atoms with E-state index < -0.39 is 13.9 Å². The lowest BCUT2D eigenvalue weighted by atomic mass is 10.0. The highest BCUT2D eigenvalue weighted by Crippen LogP contribution is 2.43. The minimum Gasteiger partial charge on any atom is -0.492 e. The zero-order chi connectivity index (χ0) is 40.6. The summed E-state index contributed by atoms with van der Waals surface area (Å²) in [5.41, 5.74) is 0. The van der Waals surface area contributed by atoms with Crippen molar-refractivity contribution in [2.24, 2.45) is 0 Å². The maximum absolute atomic E-state index is 12.5. The van der Waals surface area contributed by atoms with Gasteiger partial charge in [0.15, 0.2) is 6.10 Å². The van der Waals surface area contributed by atoms with Gasteiger partial charge < -0.3 is 18.9 Å². The highest BCUT2D eigenvalue weighted by molar-refractivity contribution is 7.47. The minimum atomic E-state index is -4.28. The van der Waals surface area contributed by atoms with E-state index in [1.165, 1.54) is 128 Å². The van der Waals surface area contributed by atoms with E-state index in [0.29, 0.717) is 23.9 Å². The van der Waals surface area contributed by atoms with E-state index in [9.17, 15) is 14.3 Å². The number of esters is 1. The van der Waals surface area contributed by atoms with Crippen LogP contribution in [0, 0.1) is 0 Å². The lowest BCUT2D eigenvalue weighted by molar-refractivity contribution is -0.870. The third-order valence-electron chi connectivity index (χ3n) is 9.48. The number of nitrogens with zero attached hydrogens (tertiary/aromatic N) is 1. The van der Waals surface area contributed by atoms with Crippen molar-refractivity contribution in [1.82, 2.24) is 0 Å². The van der Waals surface area contributed by atoms with Crippen LogP contribution in [0.25, 0.3) is 0 Å². The molecule has 0 heterocycles. The molecule has 0 aliphatic heterocycles. The number of rotatable bonds is 41. The van der Waals surface area contributed by atoms with E-state index in [4.69, 9.17) is 18.5 Å². The topological polar surface area (TPSA) is 91.3 Å². The standard InChI is InChI=1S/C46H86NO7P/c1-6-8-10-12-14-16-18-20-22-24-25-27-29-31-33-35-37-39-46(48)52-43-45(44-54-55(49,50)53-42-40-47(3,4)5)51-41-38-36-34-32-30-28-26-23-21-19-17-15-13-11-9-7-2/h20,22,25,27,31,33,38,41,45H,6-19,21,23-24,26,28-30,32,34-37,39-40,42-44H2,1-5H3/p+1/b22-20-,27-25-,33-31-,41-38-. The number of phosphoric acid groups is 1. The van der Waals surface area contributed by atoms with Crippen molar-refractivity contribution >= 4 is 13.8 Å². The van der Waals surface area contributed by atoms with Crippen LogP contribution in [0.2, 0.25) is 0 Å². The Labute approximate surface area is 339 Å². The van der Waals surface area contributed by atoms with Crippen molar-refractivity contribution in [2.75, 3.05) is 47.5 Å². The average molecular weight is 797 g/mol. The van der Waals surface area contributed by atoms with E-state index >= 15 is 0 Å². The predicted molar refractivity (Wildman–Crippen MR) is 233 cm³/mol. The molecular formula is C46H87NO7P+. The van der Waals surface area contributed by atoms with Crippen LogP contribution in [0.5, 0.6) is 0 Å². The first-order chi connectivity index (χ1) is 26.6. The lowest BCUT2D eigenvalue weighted by Crippen LogP contribution is -2.37. The molecule has 55 heavy (non-hydrogen) atoms. The molecule has 0 aromatic carbocycles. The molecule has 2 atom stereocenters. The summed E-state index contributed by atoms with van der Waals surface area (Å²) in [4.78, 5) is 22.7. The van der Waals surface area contributed by atoms with Crippen molar-refractivity contribution < 1.29 is 37.3 Å². The number of unbranched alkanes of at least 4 members (excludes halogenated alkanes) is 21. The van der Waals surface area contributed by atoms with Crippen LogP contribution in [-0.4, -0.2) is 69.0 Å². The van der Waals surface area contributed by atoms with Gasteiger partial charge in [0.2, 0.25) is 0 Å². The number of ether oxygens (including phenoxy) is 2. The maximum atomic E-state index is 12.5. The molecule has 1 N–H and O–H groups in total. The Balaban J connectivity index is 4.36. The van der Waals surface area contributed by atoms with Gasteiger partial charge >= 0.3 is 13.8 Å². The summed E-state index contributed by atoms with van der Waals surface area (Å²) in [5.74, 6) is -0.326. The van der Waals surface area contributed by atoms with E-state index in [2.05, 4.69) is 50.3 Å². The SMILES string of the molecule is CCCCCCCC/C=C\C/C=C\C/C=C\CCCC(=O)OCC(COP(=O)(O)OCC[N+](C)(C)C)O/C=C\CCCCCCCCCCCCCCCC. The number of carbonyl (C=O) groups is 1. The fraction of sp³-hybridized carbons (Fsp3) is 0.804. The third kappa shape index (κ3) is 43.3. The molecule has 0 saturated carbocycles. The van der Waals surface area contributed by atoms with Gasteiger partial charge in [0.05, 0.1) is 34.0 Å². The molecule has 0 aliphatic rings. The third-order valence-corrected chi connectivity index (χ3v) is 10.5. The molecule has 322 valence electrons. The molecule has 0 bridgehead atoms. The molecule has 0 saturated heterocycles. The summed E-state index contributed by atoms with van der Waals surface area (Å²) in [6.45, 7) is 4.85. The van der Waals surface area contributed by atoms with Gasteiger partial charge in [-0.1, -0.05) is 166 Å². The zero-order valence-electron chi connectivity index (χ0n) is 36.4. The van der Waals surface area contributed by atoms with Crippen LogP contribution in [-0.2, 0) is 27.9 Å². The summed E-state index contributed by atoms with van der Waals surface area (Å²) in [7, 11) is 1.65. The lowest BCUT2D eigenvalue weighted by Gasteiger charge is -2.24. The molecule has 0 aliphatic carbocycles. The number of allylic oxidation sites excluding steroid dienone is 7. The summed E-state index contributed by atoms with van der Waals surface area (Å²) in [5, 5.41) is 0. The second kappa shape index (κ2) is 39.1. The van der Waals surface area contributed by atoms with Crippen LogP contribution >= 0.6 is 7.82 Å². The normalized spacial score (nSPS) is 14.1. The van der Waals surface area contributed by atoms with Crippen molar-refractivity contribution in [3.05, 3.63) is 48.8 Å². The Morgan fingerprint density at radius 1 is 0.582 bits per heavy atom. The van der Waals surface area contributed by atoms with Crippen molar-refractivity contribution in [3.63, 3.8) is 0 Å². The maximum Gasteiger partial charge on any atom is 0.472 e. The predicted octanol–water partition coefficient (Wildman–Crippen LogP) is 13.5. The van der Waals surface area contributed by atoms with Gasteiger partial charge in [0.1, 0.15) is 19.8 Å². The van der Waals surface area contributed by atoms with Crippen molar-refractivity contribution in [1.29, 1.82) is 0 Å². The molecule has 8 nitrogen and oxygen atoms in total. The number of carbonyl (C=O) groups excluding carboxylic acids is 1. The average Bonchev–Trinajstić information content (AvgIpc) is 3.14. The van der Waals surface area contributed by atoms with Gasteiger partial charge in [0, 0.05) is 6.42 Å². The van der Waals surface area contributed by atoms with Crippen molar-refractivity contribution in [2.45, 2.75) is 193 Å². The Kier molecular flexibility index (Phi) is 37.9. The molecule has 2 unspecified atom stereocenters. The smallest absolute Gasteiger partial charge is 0.472 e. The fourth-order valence-electron chi connectivity index (χ4n) is 5.91. The molecular weight excluding hydrogens is 709 g/mol. The molecule has 0 fully saturated rings. The Morgan fingerprint density at radius 3 is 1.51 bits per heavy atom. The zero-order valence-corrected chi connectivity index (χ0v) is 37.3. The van der Waals surface area contributed by atoms with Gasteiger partial charge in [-0.05, 0) is 57.4 Å². The summed E-state index contributed by atoms with van der Waals surface area (Å²) < 4.78 is 34.7. The van der Waals surface area contributed by atoms with Crippen LogP contribution in [0.3, 0.4) is 0 Å². The van der Waals surface area contributed by atoms with E-state index in [1.54, 1.807) is 6.26 Å². The molecule has 0 spiro atoms. The molecule has 0 radical (unpaired) electrons. The van der Waals surface area contributed by atoms with Gasteiger partial charge in [0.25, 0.3) is 0 Å². The Morgan fingerprint density at radius 2 is 1.02 bits per heavy atom. The molecule has 9 heteroatoms. The monoisotopic (exact) mass is 797 g/mol. The number of hydrogen-bond donors (Lipinski definition) is 1. The number of likely N-dealkylation sites (N-methyl/N-ethyl adjacent to an activating group) is 1. The first kappa shape index (κ1) is 53.3. The van der Waals surface area contributed by atoms with Gasteiger partial charge in [-0.15, -0.1) is 0 Å².